The fourth-order valence-corrected chi connectivity index (χ4v) is 1.97. The molecule has 1 amide bonds. The topological polar surface area (TPSA) is 50.7 Å². The molecule has 1 aromatic heterocycles. The largest absolute Gasteiger partial charge is 0.497 e. The van der Waals surface area contributed by atoms with E-state index in [1.807, 2.05) is 0 Å². The van der Waals surface area contributed by atoms with Crippen molar-refractivity contribution in [2.45, 2.75) is 0 Å². The van der Waals surface area contributed by atoms with Crippen molar-refractivity contribution < 1.29 is 13.9 Å². The van der Waals surface area contributed by atoms with Crippen LogP contribution >= 0.6 is 11.3 Å². The summed E-state index contributed by atoms with van der Waals surface area (Å²) in [5, 5.41) is 3.40. The maximum atomic E-state index is 12.7. The summed E-state index contributed by atoms with van der Waals surface area (Å²) in [5.74, 6) is 0.314. The fourth-order valence-electron chi connectivity index (χ4n) is 1.35. The van der Waals surface area contributed by atoms with E-state index in [1.54, 1.807) is 31.4 Å². The highest BCUT2D eigenvalue weighted by Crippen LogP contribution is 2.13. The van der Waals surface area contributed by atoms with Gasteiger partial charge in [-0.2, -0.15) is 9.49 Å². The molecule has 6 heteroatoms. The second-order valence-corrected chi connectivity index (χ2v) is 4.61. The first kappa shape index (κ1) is 13.2. The Morgan fingerprint density at radius 2 is 2.05 bits per heavy atom. The standard InChI is InChI=1S/C13H11FN2O2S/c1-18-10-4-2-9(3-5-10)8-15-16-13(17)11-6-7-12(14)19-11/h2-8H,1H3,(H,16,17)/b15-8+. The first-order valence-corrected chi connectivity index (χ1v) is 6.23. The van der Waals surface area contributed by atoms with Gasteiger partial charge in [0.05, 0.1) is 18.2 Å². The highest BCUT2D eigenvalue weighted by Gasteiger charge is 2.07. The van der Waals surface area contributed by atoms with Gasteiger partial charge in [-0.25, -0.2) is 5.43 Å². The molecule has 0 bridgehead atoms. The Morgan fingerprint density at radius 3 is 2.63 bits per heavy atom. The second kappa shape index (κ2) is 6.10. The van der Waals surface area contributed by atoms with Crippen LogP contribution in [0.25, 0.3) is 0 Å². The molecule has 2 aromatic rings. The monoisotopic (exact) mass is 278 g/mol. The molecule has 0 fully saturated rings. The molecule has 0 unspecified atom stereocenters. The molecule has 0 aliphatic carbocycles. The van der Waals surface area contributed by atoms with Gasteiger partial charge < -0.3 is 4.74 Å². The van der Waals surface area contributed by atoms with Crippen molar-refractivity contribution in [3.63, 3.8) is 0 Å². The zero-order chi connectivity index (χ0) is 13.7. The third-order valence-electron chi connectivity index (χ3n) is 2.29. The fraction of sp³-hybridized carbons (Fsp3) is 0.0769. The van der Waals surface area contributed by atoms with Gasteiger partial charge in [-0.05, 0) is 42.0 Å². The van der Waals surface area contributed by atoms with Crippen LogP contribution in [0.5, 0.6) is 5.75 Å². The van der Waals surface area contributed by atoms with Gasteiger partial charge in [0.25, 0.3) is 5.91 Å². The third kappa shape index (κ3) is 3.62. The zero-order valence-electron chi connectivity index (χ0n) is 10.1. The van der Waals surface area contributed by atoms with E-state index < -0.39 is 11.0 Å². The van der Waals surface area contributed by atoms with Crippen LogP contribution < -0.4 is 10.2 Å². The number of carbonyl (C=O) groups excluding carboxylic acids is 1. The minimum absolute atomic E-state index is 0.282. The number of ether oxygens (including phenoxy) is 1. The van der Waals surface area contributed by atoms with Crippen LogP contribution in [0.4, 0.5) is 4.39 Å². The van der Waals surface area contributed by atoms with Crippen LogP contribution in [0.3, 0.4) is 0 Å². The molecule has 0 aliphatic heterocycles. The number of thiophene rings is 1. The quantitative estimate of drug-likeness (QED) is 0.690. The summed E-state index contributed by atoms with van der Waals surface area (Å²) in [5.41, 5.74) is 3.15. The summed E-state index contributed by atoms with van der Waals surface area (Å²) < 4.78 is 17.8. The average molecular weight is 278 g/mol. The van der Waals surface area contributed by atoms with Gasteiger partial charge in [-0.15, -0.1) is 11.3 Å². The first-order chi connectivity index (χ1) is 9.19. The predicted octanol–water partition coefficient (Wildman–Crippen LogP) is 2.66. The zero-order valence-corrected chi connectivity index (χ0v) is 10.9. The van der Waals surface area contributed by atoms with Gasteiger partial charge in [0.15, 0.2) is 5.13 Å². The number of carbonyl (C=O) groups is 1. The van der Waals surface area contributed by atoms with E-state index in [0.29, 0.717) is 0 Å². The first-order valence-electron chi connectivity index (χ1n) is 5.42. The number of nitrogens with zero attached hydrogens (tertiary/aromatic N) is 1. The van der Waals surface area contributed by atoms with Crippen molar-refractivity contribution in [3.05, 3.63) is 52.0 Å². The Bertz CT molecular complexity index is 593. The van der Waals surface area contributed by atoms with Crippen molar-refractivity contribution >= 4 is 23.5 Å². The molecule has 4 nitrogen and oxygen atoms in total. The van der Waals surface area contributed by atoms with Gasteiger partial charge >= 0.3 is 0 Å². The van der Waals surface area contributed by atoms with E-state index in [2.05, 4.69) is 10.5 Å². The maximum Gasteiger partial charge on any atom is 0.281 e. The lowest BCUT2D eigenvalue weighted by molar-refractivity contribution is 0.0959. The number of methoxy groups -OCH3 is 1. The lowest BCUT2D eigenvalue weighted by Crippen LogP contribution is -2.16. The molecular weight excluding hydrogens is 267 g/mol. The lowest BCUT2D eigenvalue weighted by atomic mass is 10.2. The van der Waals surface area contributed by atoms with Crippen molar-refractivity contribution in [3.8, 4) is 5.75 Å². The molecule has 1 N–H and O–H groups in total. The van der Waals surface area contributed by atoms with Crippen molar-refractivity contribution in [2.75, 3.05) is 7.11 Å². The number of halogens is 1. The molecule has 98 valence electrons. The highest BCUT2D eigenvalue weighted by molar-refractivity contribution is 7.12. The van der Waals surface area contributed by atoms with Gasteiger partial charge in [-0.3, -0.25) is 4.79 Å². The van der Waals surface area contributed by atoms with Gasteiger partial charge in [0.2, 0.25) is 0 Å². The van der Waals surface area contributed by atoms with Crippen LogP contribution in [0.15, 0.2) is 41.5 Å². The minimum Gasteiger partial charge on any atom is -0.497 e. The van der Waals surface area contributed by atoms with Gasteiger partial charge in [0, 0.05) is 0 Å². The van der Waals surface area contributed by atoms with Crippen molar-refractivity contribution in [1.29, 1.82) is 0 Å². The van der Waals surface area contributed by atoms with E-state index in [-0.39, 0.29) is 4.88 Å². The normalized spacial score (nSPS) is 10.6. The lowest BCUT2D eigenvalue weighted by Gasteiger charge is -1.99. The van der Waals surface area contributed by atoms with Crippen LogP contribution in [0.2, 0.25) is 0 Å². The Labute approximate surface area is 113 Å². The molecule has 0 atom stereocenters. The van der Waals surface area contributed by atoms with Gasteiger partial charge in [-0.1, -0.05) is 0 Å². The summed E-state index contributed by atoms with van der Waals surface area (Å²) >= 11 is 0.778. The number of rotatable bonds is 4. The summed E-state index contributed by atoms with van der Waals surface area (Å²) in [6.07, 6.45) is 1.50. The summed E-state index contributed by atoms with van der Waals surface area (Å²) in [6.45, 7) is 0. The van der Waals surface area contributed by atoms with Crippen molar-refractivity contribution in [2.24, 2.45) is 5.10 Å². The Hall–Kier alpha value is -2.21. The van der Waals surface area contributed by atoms with E-state index in [9.17, 15) is 9.18 Å². The number of hydrazone groups is 1. The van der Waals surface area contributed by atoms with E-state index in [0.717, 1.165) is 22.6 Å². The molecule has 2 rings (SSSR count). The Morgan fingerprint density at radius 1 is 1.32 bits per heavy atom. The third-order valence-corrected chi connectivity index (χ3v) is 3.16. The molecule has 1 heterocycles. The summed E-state index contributed by atoms with van der Waals surface area (Å²) in [4.78, 5) is 11.8. The maximum absolute atomic E-state index is 12.7. The number of nitrogens with one attached hydrogen (secondary N) is 1. The highest BCUT2D eigenvalue weighted by atomic mass is 32.1. The predicted molar refractivity (Wildman–Crippen MR) is 72.3 cm³/mol. The average Bonchev–Trinajstić information content (AvgIpc) is 2.86. The van der Waals surface area contributed by atoms with Crippen LogP contribution in [0, 0.1) is 5.13 Å². The minimum atomic E-state index is -0.432. The van der Waals surface area contributed by atoms with Crippen LogP contribution in [-0.2, 0) is 0 Å². The van der Waals surface area contributed by atoms with E-state index >= 15 is 0 Å². The molecule has 19 heavy (non-hydrogen) atoms. The molecule has 0 radical (unpaired) electrons. The van der Waals surface area contributed by atoms with Crippen LogP contribution in [0.1, 0.15) is 15.2 Å². The van der Waals surface area contributed by atoms with E-state index in [4.69, 9.17) is 4.74 Å². The number of hydrogen-bond donors (Lipinski definition) is 1. The van der Waals surface area contributed by atoms with E-state index in [1.165, 1.54) is 18.3 Å². The number of hydrogen-bond acceptors (Lipinski definition) is 4. The Kier molecular flexibility index (Phi) is 4.25. The molecule has 0 aliphatic rings. The van der Waals surface area contributed by atoms with Crippen molar-refractivity contribution in [1.82, 2.24) is 5.43 Å². The molecule has 0 spiro atoms. The Balaban J connectivity index is 1.94. The second-order valence-electron chi connectivity index (χ2n) is 3.58. The summed E-state index contributed by atoms with van der Waals surface area (Å²) in [6, 6.07) is 9.85. The van der Waals surface area contributed by atoms with Crippen LogP contribution in [-0.4, -0.2) is 19.2 Å². The SMILES string of the molecule is COc1ccc(/C=N/NC(=O)c2ccc(F)s2)cc1. The molecule has 0 saturated carbocycles. The summed E-state index contributed by atoms with van der Waals surface area (Å²) in [7, 11) is 1.59. The van der Waals surface area contributed by atoms with Gasteiger partial charge in [0.1, 0.15) is 5.75 Å². The molecular formula is C13H11FN2O2S. The number of amides is 1. The molecule has 0 saturated heterocycles. The smallest absolute Gasteiger partial charge is 0.281 e. The number of benzene rings is 1. The molecule has 1 aromatic carbocycles.